The van der Waals surface area contributed by atoms with Crippen molar-refractivity contribution in [3.05, 3.63) is 54.2 Å². The normalized spacial score (nSPS) is 9.93. The van der Waals surface area contributed by atoms with Gasteiger partial charge in [-0.15, -0.1) is 0 Å². The third-order valence-corrected chi connectivity index (χ3v) is 2.27. The molecule has 0 N–H and O–H groups in total. The highest BCUT2D eigenvalue weighted by Gasteiger charge is 2.03. The number of nitrogens with zero attached hydrogens (tertiary/aromatic N) is 1. The van der Waals surface area contributed by atoms with E-state index in [1.54, 1.807) is 12.1 Å². The summed E-state index contributed by atoms with van der Waals surface area (Å²) in [6.07, 6.45) is 0. The van der Waals surface area contributed by atoms with E-state index in [-0.39, 0.29) is 5.12 Å². The minimum absolute atomic E-state index is 0.312. The lowest BCUT2D eigenvalue weighted by Gasteiger charge is -2.01. The highest BCUT2D eigenvalue weighted by molar-refractivity contribution is 7.97. The zero-order chi connectivity index (χ0) is 10.7. The van der Waals surface area contributed by atoms with E-state index in [1.165, 1.54) is 0 Å². The quantitative estimate of drug-likeness (QED) is 0.781. The number of aromatic nitrogens is 1. The number of carbonyl (C=O) groups excluding carboxylic acids is 1. The smallest absolute Gasteiger partial charge is 0.234 e. The standard InChI is InChI=1S/C12H9NOS/c14-12(15)11-8-4-7-10(13-11)9-5-2-1-3-6-9/h1-8H,(H,14,15). The molecular formula is C12H9NOS. The molecule has 74 valence electrons. The Morgan fingerprint density at radius 1 is 1.00 bits per heavy atom. The van der Waals surface area contributed by atoms with Gasteiger partial charge in [-0.25, -0.2) is 4.98 Å². The summed E-state index contributed by atoms with van der Waals surface area (Å²) < 4.78 is 0. The van der Waals surface area contributed by atoms with Crippen LogP contribution in [-0.2, 0) is 0 Å². The van der Waals surface area contributed by atoms with Crippen molar-refractivity contribution in [2.24, 2.45) is 0 Å². The molecule has 0 radical (unpaired) electrons. The molecule has 2 rings (SSSR count). The van der Waals surface area contributed by atoms with Crippen LogP contribution in [0.5, 0.6) is 0 Å². The predicted molar refractivity (Wildman–Crippen MR) is 63.0 cm³/mol. The van der Waals surface area contributed by atoms with Crippen LogP contribution >= 0.6 is 12.6 Å². The molecule has 2 nitrogen and oxygen atoms in total. The average Bonchev–Trinajstić information content (AvgIpc) is 2.30. The molecule has 0 fully saturated rings. The van der Waals surface area contributed by atoms with Crippen molar-refractivity contribution in [1.29, 1.82) is 0 Å². The molecule has 0 spiro atoms. The second kappa shape index (κ2) is 4.28. The number of rotatable bonds is 2. The van der Waals surface area contributed by atoms with Gasteiger partial charge in [0.1, 0.15) is 5.69 Å². The van der Waals surface area contributed by atoms with Gasteiger partial charge >= 0.3 is 0 Å². The zero-order valence-electron chi connectivity index (χ0n) is 7.92. The summed E-state index contributed by atoms with van der Waals surface area (Å²) in [5.74, 6) is 0. The number of carbonyl (C=O) groups is 1. The first-order valence-corrected chi connectivity index (χ1v) is 4.98. The highest BCUT2D eigenvalue weighted by Crippen LogP contribution is 2.16. The molecule has 2 aromatic rings. The first kappa shape index (κ1) is 9.93. The van der Waals surface area contributed by atoms with E-state index < -0.39 is 0 Å². The largest absolute Gasteiger partial charge is 0.280 e. The summed E-state index contributed by atoms with van der Waals surface area (Å²) in [5, 5.41) is -0.312. The highest BCUT2D eigenvalue weighted by atomic mass is 32.1. The molecule has 1 aromatic carbocycles. The third-order valence-electron chi connectivity index (χ3n) is 2.04. The topological polar surface area (TPSA) is 30.0 Å². The summed E-state index contributed by atoms with van der Waals surface area (Å²) in [6.45, 7) is 0. The molecule has 1 aromatic heterocycles. The van der Waals surface area contributed by atoms with Crippen LogP contribution in [0.4, 0.5) is 0 Å². The number of hydrogen-bond acceptors (Lipinski definition) is 2. The molecule has 0 saturated heterocycles. The average molecular weight is 215 g/mol. The van der Waals surface area contributed by atoms with E-state index in [2.05, 4.69) is 17.6 Å². The Balaban J connectivity index is 2.46. The van der Waals surface area contributed by atoms with Gasteiger partial charge in [-0.3, -0.25) is 4.79 Å². The van der Waals surface area contributed by atoms with Crippen LogP contribution in [0.3, 0.4) is 0 Å². The Bertz CT molecular complexity index is 482. The Kier molecular flexibility index (Phi) is 2.83. The summed E-state index contributed by atoms with van der Waals surface area (Å²) in [7, 11) is 0. The third kappa shape index (κ3) is 2.25. The molecule has 0 bridgehead atoms. The van der Waals surface area contributed by atoms with Crippen molar-refractivity contribution in [1.82, 2.24) is 4.98 Å². The number of pyridine rings is 1. The molecule has 0 unspecified atom stereocenters. The number of benzene rings is 1. The van der Waals surface area contributed by atoms with E-state index in [1.807, 2.05) is 36.4 Å². The van der Waals surface area contributed by atoms with Crippen molar-refractivity contribution >= 4 is 17.7 Å². The number of thiol groups is 1. The second-order valence-electron chi connectivity index (χ2n) is 3.08. The number of hydrogen-bond donors (Lipinski definition) is 1. The van der Waals surface area contributed by atoms with Crippen LogP contribution in [0.15, 0.2) is 48.5 Å². The van der Waals surface area contributed by atoms with Crippen molar-refractivity contribution < 1.29 is 4.79 Å². The minimum Gasteiger partial charge on any atom is -0.280 e. The van der Waals surface area contributed by atoms with E-state index in [4.69, 9.17) is 0 Å². The van der Waals surface area contributed by atoms with Gasteiger partial charge in [-0.05, 0) is 12.1 Å². The molecule has 3 heteroatoms. The molecule has 15 heavy (non-hydrogen) atoms. The van der Waals surface area contributed by atoms with Gasteiger partial charge < -0.3 is 0 Å². The molecule has 0 aliphatic heterocycles. The molecule has 0 amide bonds. The van der Waals surface area contributed by atoms with Crippen LogP contribution in [0.25, 0.3) is 11.3 Å². The van der Waals surface area contributed by atoms with Crippen LogP contribution < -0.4 is 0 Å². The van der Waals surface area contributed by atoms with Crippen LogP contribution in [0.2, 0.25) is 0 Å². The molecule has 0 aliphatic carbocycles. The lowest BCUT2D eigenvalue weighted by Crippen LogP contribution is -1.94. The van der Waals surface area contributed by atoms with E-state index in [0.717, 1.165) is 11.3 Å². The Labute approximate surface area is 93.4 Å². The SMILES string of the molecule is O=C(S)c1cccc(-c2ccccc2)n1. The maximum Gasteiger partial charge on any atom is 0.234 e. The Morgan fingerprint density at radius 3 is 2.40 bits per heavy atom. The summed E-state index contributed by atoms with van der Waals surface area (Å²) in [6, 6.07) is 15.1. The lowest BCUT2D eigenvalue weighted by molar-refractivity contribution is 0.108. The fourth-order valence-electron chi connectivity index (χ4n) is 1.32. The fourth-order valence-corrected chi connectivity index (χ4v) is 1.45. The van der Waals surface area contributed by atoms with Crippen LogP contribution in [-0.4, -0.2) is 10.1 Å². The van der Waals surface area contributed by atoms with E-state index in [9.17, 15) is 4.79 Å². The zero-order valence-corrected chi connectivity index (χ0v) is 8.82. The predicted octanol–water partition coefficient (Wildman–Crippen LogP) is 2.82. The summed E-state index contributed by atoms with van der Waals surface area (Å²) >= 11 is 3.75. The second-order valence-corrected chi connectivity index (χ2v) is 3.49. The maximum atomic E-state index is 11.0. The maximum absolute atomic E-state index is 11.0. The van der Waals surface area contributed by atoms with Gasteiger partial charge in [0, 0.05) is 5.56 Å². The van der Waals surface area contributed by atoms with Gasteiger partial charge in [0.2, 0.25) is 5.12 Å². The monoisotopic (exact) mass is 215 g/mol. The van der Waals surface area contributed by atoms with Crippen molar-refractivity contribution in [2.45, 2.75) is 0 Å². The van der Waals surface area contributed by atoms with Gasteiger partial charge in [-0.1, -0.05) is 49.0 Å². The van der Waals surface area contributed by atoms with Crippen molar-refractivity contribution in [3.63, 3.8) is 0 Å². The van der Waals surface area contributed by atoms with E-state index >= 15 is 0 Å². The molecule has 0 atom stereocenters. The van der Waals surface area contributed by atoms with Crippen LogP contribution in [0.1, 0.15) is 10.5 Å². The van der Waals surface area contributed by atoms with Crippen LogP contribution in [0, 0.1) is 0 Å². The molecular weight excluding hydrogens is 206 g/mol. The van der Waals surface area contributed by atoms with Gasteiger partial charge in [-0.2, -0.15) is 0 Å². The molecule has 1 heterocycles. The molecule has 0 saturated carbocycles. The van der Waals surface area contributed by atoms with Crippen molar-refractivity contribution in [3.8, 4) is 11.3 Å². The summed E-state index contributed by atoms with van der Waals surface area (Å²) in [4.78, 5) is 15.2. The van der Waals surface area contributed by atoms with Gasteiger partial charge in [0.25, 0.3) is 0 Å². The van der Waals surface area contributed by atoms with E-state index in [0.29, 0.717) is 5.69 Å². The Hall–Kier alpha value is -1.61. The van der Waals surface area contributed by atoms with Gasteiger partial charge in [0.15, 0.2) is 0 Å². The fraction of sp³-hybridized carbons (Fsp3) is 0. The minimum atomic E-state index is -0.312. The molecule has 0 aliphatic rings. The lowest BCUT2D eigenvalue weighted by atomic mass is 10.1. The first-order chi connectivity index (χ1) is 7.27. The summed E-state index contributed by atoms with van der Waals surface area (Å²) in [5.41, 5.74) is 2.16. The van der Waals surface area contributed by atoms with Crippen molar-refractivity contribution in [2.75, 3.05) is 0 Å². The Morgan fingerprint density at radius 2 is 1.73 bits per heavy atom. The van der Waals surface area contributed by atoms with Gasteiger partial charge in [0.05, 0.1) is 5.69 Å². The first-order valence-electron chi connectivity index (χ1n) is 4.53.